The highest BCUT2D eigenvalue weighted by Crippen LogP contribution is 2.15. The molecule has 1 atom stereocenters. The molecule has 62 heavy (non-hydrogen) atoms. The molecule has 0 saturated heterocycles. The minimum atomic E-state index is -0.777. The first-order valence-corrected chi connectivity index (χ1v) is 26.6. The predicted molar refractivity (Wildman–Crippen MR) is 265 cm³/mol. The summed E-state index contributed by atoms with van der Waals surface area (Å²) in [5, 5.41) is 0. The van der Waals surface area contributed by atoms with Crippen LogP contribution in [-0.4, -0.2) is 37.2 Å². The van der Waals surface area contributed by atoms with Crippen LogP contribution in [0.25, 0.3) is 0 Å². The molecule has 0 aromatic heterocycles. The van der Waals surface area contributed by atoms with Crippen molar-refractivity contribution >= 4 is 17.9 Å². The summed E-state index contributed by atoms with van der Waals surface area (Å²) >= 11 is 0. The van der Waals surface area contributed by atoms with Gasteiger partial charge in [-0.25, -0.2) is 0 Å². The maximum Gasteiger partial charge on any atom is 0.306 e. The molecule has 0 bridgehead atoms. The van der Waals surface area contributed by atoms with E-state index in [1.807, 2.05) is 0 Å². The number of ether oxygens (including phenoxy) is 3. The van der Waals surface area contributed by atoms with Crippen molar-refractivity contribution in [3.8, 4) is 0 Å². The average Bonchev–Trinajstić information content (AvgIpc) is 3.27. The summed E-state index contributed by atoms with van der Waals surface area (Å²) in [4.78, 5) is 38.0. The van der Waals surface area contributed by atoms with Crippen molar-refractivity contribution in [3.63, 3.8) is 0 Å². The molecule has 0 aliphatic rings. The van der Waals surface area contributed by atoms with Crippen molar-refractivity contribution in [2.24, 2.45) is 0 Å². The number of allylic oxidation sites excluding steroid dienone is 8. The van der Waals surface area contributed by atoms with Crippen molar-refractivity contribution in [1.82, 2.24) is 0 Å². The van der Waals surface area contributed by atoms with E-state index in [1.54, 1.807) is 0 Å². The molecular weight excluding hydrogens is 769 g/mol. The third-order valence-electron chi connectivity index (χ3n) is 11.6. The van der Waals surface area contributed by atoms with Gasteiger partial charge in [0.25, 0.3) is 0 Å². The first-order valence-electron chi connectivity index (χ1n) is 26.6. The summed E-state index contributed by atoms with van der Waals surface area (Å²) in [5.41, 5.74) is 0. The minimum absolute atomic E-state index is 0.0769. The van der Waals surface area contributed by atoms with Crippen LogP contribution in [0.5, 0.6) is 0 Å². The molecule has 0 aromatic rings. The molecule has 0 spiro atoms. The second-order valence-electron chi connectivity index (χ2n) is 17.8. The Morgan fingerprint density at radius 2 is 0.581 bits per heavy atom. The molecule has 0 amide bonds. The summed E-state index contributed by atoms with van der Waals surface area (Å²) in [5.74, 6) is -0.886. The zero-order valence-electron chi connectivity index (χ0n) is 41.1. The number of rotatable bonds is 48. The fourth-order valence-corrected chi connectivity index (χ4v) is 7.50. The van der Waals surface area contributed by atoms with E-state index in [2.05, 4.69) is 69.4 Å². The molecule has 360 valence electrons. The molecule has 0 aliphatic carbocycles. The first-order chi connectivity index (χ1) is 30.5. The molecule has 1 unspecified atom stereocenters. The number of esters is 3. The maximum absolute atomic E-state index is 12.8. The fourth-order valence-electron chi connectivity index (χ4n) is 7.50. The van der Waals surface area contributed by atoms with Crippen molar-refractivity contribution in [1.29, 1.82) is 0 Å². The molecule has 0 radical (unpaired) electrons. The molecule has 0 saturated carbocycles. The van der Waals surface area contributed by atoms with Gasteiger partial charge in [-0.05, 0) is 83.5 Å². The Kier molecular flexibility index (Phi) is 48.8. The van der Waals surface area contributed by atoms with Gasteiger partial charge in [0.15, 0.2) is 6.10 Å². The predicted octanol–water partition coefficient (Wildman–Crippen LogP) is 17.5. The molecular formula is C56H100O6. The normalized spacial score (nSPS) is 12.4. The quantitative estimate of drug-likeness (QED) is 0.0262. The minimum Gasteiger partial charge on any atom is -0.462 e. The Morgan fingerprint density at radius 3 is 0.919 bits per heavy atom. The van der Waals surface area contributed by atoms with E-state index in [0.717, 1.165) is 83.5 Å². The van der Waals surface area contributed by atoms with Crippen LogP contribution >= 0.6 is 0 Å². The zero-order valence-corrected chi connectivity index (χ0v) is 41.1. The van der Waals surface area contributed by atoms with E-state index < -0.39 is 6.10 Å². The van der Waals surface area contributed by atoms with E-state index in [1.165, 1.54) is 148 Å². The van der Waals surface area contributed by atoms with Crippen LogP contribution in [0, 0.1) is 0 Å². The van der Waals surface area contributed by atoms with Gasteiger partial charge < -0.3 is 14.2 Å². The van der Waals surface area contributed by atoms with Crippen molar-refractivity contribution in [2.75, 3.05) is 13.2 Å². The lowest BCUT2D eigenvalue weighted by Gasteiger charge is -2.18. The second kappa shape index (κ2) is 51.0. The summed E-state index contributed by atoms with van der Waals surface area (Å²) in [6, 6.07) is 0. The Hall–Kier alpha value is -2.63. The van der Waals surface area contributed by atoms with Gasteiger partial charge in [-0.15, -0.1) is 0 Å². The van der Waals surface area contributed by atoms with Gasteiger partial charge in [0.1, 0.15) is 13.2 Å². The Bertz CT molecular complexity index is 1090. The number of hydrogen-bond acceptors (Lipinski definition) is 6. The lowest BCUT2D eigenvalue weighted by molar-refractivity contribution is -0.167. The summed E-state index contributed by atoms with van der Waals surface area (Å²) in [6.45, 7) is 6.58. The SMILES string of the molecule is CCCCC/C=C\C/C=C\CCCCCCCCCC(=O)OCC(COC(=O)CCCCCCCCCCCC)OC(=O)CCCCCCCCC/C=C\C/C=C\CCCCC. The van der Waals surface area contributed by atoms with E-state index in [9.17, 15) is 14.4 Å². The van der Waals surface area contributed by atoms with E-state index in [0.29, 0.717) is 19.3 Å². The molecule has 0 heterocycles. The summed E-state index contributed by atoms with van der Waals surface area (Å²) < 4.78 is 16.8. The molecule has 0 aromatic carbocycles. The summed E-state index contributed by atoms with van der Waals surface area (Å²) in [7, 11) is 0. The van der Waals surface area contributed by atoms with E-state index >= 15 is 0 Å². The lowest BCUT2D eigenvalue weighted by Crippen LogP contribution is -2.30. The number of carbonyl (C=O) groups excluding carboxylic acids is 3. The number of unbranched alkanes of at least 4 members (excludes halogenated alkanes) is 29. The van der Waals surface area contributed by atoms with E-state index in [-0.39, 0.29) is 31.1 Å². The van der Waals surface area contributed by atoms with Crippen molar-refractivity contribution in [3.05, 3.63) is 48.6 Å². The third kappa shape index (κ3) is 48.4. The molecule has 0 N–H and O–H groups in total. The van der Waals surface area contributed by atoms with Gasteiger partial charge >= 0.3 is 17.9 Å². The van der Waals surface area contributed by atoms with Gasteiger partial charge in [-0.1, -0.05) is 217 Å². The van der Waals surface area contributed by atoms with Gasteiger partial charge in [0, 0.05) is 19.3 Å². The van der Waals surface area contributed by atoms with Crippen molar-refractivity contribution < 1.29 is 28.6 Å². The van der Waals surface area contributed by atoms with Crippen LogP contribution in [0.1, 0.15) is 271 Å². The highest BCUT2D eigenvalue weighted by Gasteiger charge is 2.19. The number of carbonyl (C=O) groups is 3. The van der Waals surface area contributed by atoms with Crippen LogP contribution in [0.15, 0.2) is 48.6 Å². The second-order valence-corrected chi connectivity index (χ2v) is 17.8. The van der Waals surface area contributed by atoms with Crippen LogP contribution in [0.2, 0.25) is 0 Å². The monoisotopic (exact) mass is 869 g/mol. The largest absolute Gasteiger partial charge is 0.462 e. The molecule has 6 heteroatoms. The van der Waals surface area contributed by atoms with Gasteiger partial charge in [0.2, 0.25) is 0 Å². The highest BCUT2D eigenvalue weighted by molar-refractivity contribution is 5.71. The Morgan fingerprint density at radius 1 is 0.323 bits per heavy atom. The van der Waals surface area contributed by atoms with E-state index in [4.69, 9.17) is 14.2 Å². The van der Waals surface area contributed by atoms with Crippen LogP contribution < -0.4 is 0 Å². The lowest BCUT2D eigenvalue weighted by atomic mass is 10.1. The highest BCUT2D eigenvalue weighted by atomic mass is 16.6. The third-order valence-corrected chi connectivity index (χ3v) is 11.6. The van der Waals surface area contributed by atoms with Crippen molar-refractivity contribution in [2.45, 2.75) is 277 Å². The molecule has 0 fully saturated rings. The molecule has 0 aliphatic heterocycles. The molecule has 0 rings (SSSR count). The fraction of sp³-hybridized carbons (Fsp3) is 0.804. The van der Waals surface area contributed by atoms with Gasteiger partial charge in [-0.2, -0.15) is 0 Å². The van der Waals surface area contributed by atoms with Crippen LogP contribution in [0.3, 0.4) is 0 Å². The first kappa shape index (κ1) is 59.4. The zero-order chi connectivity index (χ0) is 45.1. The standard InChI is InChI=1S/C56H100O6/c1-4-7-10-13-16-19-22-24-26-28-30-32-34-37-40-43-46-49-55(58)61-52-53(51-60-54(57)48-45-42-39-36-21-18-15-12-9-6-3)62-56(59)50-47-44-41-38-35-33-31-29-27-25-23-20-17-14-11-8-5-2/h16-17,19-20,24-27,53H,4-15,18,21-23,28-52H2,1-3H3/b19-16-,20-17-,26-24-,27-25-. The van der Waals surface area contributed by atoms with Gasteiger partial charge in [-0.3, -0.25) is 14.4 Å². The van der Waals surface area contributed by atoms with Gasteiger partial charge in [0.05, 0.1) is 0 Å². The maximum atomic E-state index is 12.8. The number of hydrogen-bond donors (Lipinski definition) is 0. The van der Waals surface area contributed by atoms with Crippen LogP contribution in [-0.2, 0) is 28.6 Å². The molecule has 6 nitrogen and oxygen atoms in total. The van der Waals surface area contributed by atoms with Crippen LogP contribution in [0.4, 0.5) is 0 Å². The average molecular weight is 869 g/mol. The smallest absolute Gasteiger partial charge is 0.306 e. The topological polar surface area (TPSA) is 78.9 Å². The Labute approximate surface area is 384 Å². The summed E-state index contributed by atoms with van der Waals surface area (Å²) in [6.07, 6.45) is 60.9. The Balaban J connectivity index is 4.35.